The van der Waals surface area contributed by atoms with Gasteiger partial charge in [0.1, 0.15) is 0 Å². The lowest BCUT2D eigenvalue weighted by Crippen LogP contribution is -2.05. The van der Waals surface area contributed by atoms with Crippen molar-refractivity contribution in [3.05, 3.63) is 48.6 Å². The number of rotatable bonds is 16. The van der Waals surface area contributed by atoms with Gasteiger partial charge in [-0.05, 0) is 25.7 Å². The zero-order valence-corrected chi connectivity index (χ0v) is 15.8. The molecule has 0 aromatic rings. The topological polar surface area (TPSA) is 57.5 Å². The van der Waals surface area contributed by atoms with Gasteiger partial charge in [0.15, 0.2) is 0 Å². The van der Waals surface area contributed by atoms with Gasteiger partial charge in [0.2, 0.25) is 0 Å². The fourth-order valence-corrected chi connectivity index (χ4v) is 2.52. The molecule has 0 saturated carbocycles. The van der Waals surface area contributed by atoms with E-state index in [1.807, 2.05) is 18.2 Å². The number of aliphatic carboxylic acids is 1. The van der Waals surface area contributed by atoms with E-state index < -0.39 is 5.97 Å². The van der Waals surface area contributed by atoms with Crippen LogP contribution >= 0.6 is 0 Å². The predicted molar refractivity (Wildman–Crippen MR) is 107 cm³/mol. The average molecular weight is 349 g/mol. The first-order valence-electron chi connectivity index (χ1n) is 9.74. The number of unbranched alkanes of at least 4 members (excludes halogenated alkanes) is 7. The highest BCUT2D eigenvalue weighted by Gasteiger charge is 2.02. The number of carboxylic acids is 1. The summed E-state index contributed by atoms with van der Waals surface area (Å²) in [4.78, 5) is 10.2. The lowest BCUT2D eigenvalue weighted by molar-refractivity contribution is -0.131. The SMILES string of the molecule is CCCCCCCCCC(O)CCCC=CC=CC=CC=CC(=O)O. The molecule has 0 aliphatic rings. The molecule has 1 unspecified atom stereocenters. The number of hydrogen-bond donors (Lipinski definition) is 2. The van der Waals surface area contributed by atoms with Crippen LogP contribution in [0.15, 0.2) is 48.6 Å². The van der Waals surface area contributed by atoms with E-state index in [0.717, 1.165) is 38.2 Å². The second-order valence-electron chi connectivity index (χ2n) is 6.39. The number of hydrogen-bond acceptors (Lipinski definition) is 2. The highest BCUT2D eigenvalue weighted by molar-refractivity contribution is 5.80. The smallest absolute Gasteiger partial charge is 0.328 e. The van der Waals surface area contributed by atoms with Crippen molar-refractivity contribution in [3.8, 4) is 0 Å². The molecule has 2 N–H and O–H groups in total. The number of aliphatic hydroxyl groups is 1. The highest BCUT2D eigenvalue weighted by Crippen LogP contribution is 2.12. The van der Waals surface area contributed by atoms with Gasteiger partial charge in [-0.1, -0.05) is 94.4 Å². The lowest BCUT2D eigenvalue weighted by atomic mass is 10.0. The van der Waals surface area contributed by atoms with E-state index in [0.29, 0.717) is 0 Å². The molecule has 0 rings (SSSR count). The molecule has 1 atom stereocenters. The molecular formula is C22H36O3. The van der Waals surface area contributed by atoms with Gasteiger partial charge in [0.05, 0.1) is 6.10 Å². The summed E-state index contributed by atoms with van der Waals surface area (Å²) in [6.45, 7) is 2.24. The van der Waals surface area contributed by atoms with Crippen molar-refractivity contribution >= 4 is 5.97 Å². The van der Waals surface area contributed by atoms with E-state index in [-0.39, 0.29) is 6.10 Å². The van der Waals surface area contributed by atoms with Crippen LogP contribution in [0.5, 0.6) is 0 Å². The van der Waals surface area contributed by atoms with Crippen LogP contribution in [-0.2, 0) is 4.79 Å². The summed E-state index contributed by atoms with van der Waals surface area (Å²) in [5.41, 5.74) is 0. The van der Waals surface area contributed by atoms with Crippen molar-refractivity contribution in [1.29, 1.82) is 0 Å². The second kappa shape index (κ2) is 18.7. The molecule has 0 aromatic carbocycles. The molecule has 0 amide bonds. The zero-order chi connectivity index (χ0) is 18.6. The molecule has 0 fully saturated rings. The standard InChI is InChI=1S/C22H36O3/c1-2-3-4-5-9-12-15-18-21(23)19-16-13-10-7-6-8-11-14-17-20-22(24)25/h6-8,10-11,14,17,20-21,23H,2-5,9,12-13,15-16,18-19H2,1H3,(H,24,25). The number of carbonyl (C=O) groups is 1. The summed E-state index contributed by atoms with van der Waals surface area (Å²) in [5, 5.41) is 18.4. The van der Waals surface area contributed by atoms with Gasteiger partial charge in [-0.25, -0.2) is 4.79 Å². The Morgan fingerprint density at radius 1 is 0.800 bits per heavy atom. The largest absolute Gasteiger partial charge is 0.478 e. The Morgan fingerprint density at radius 2 is 1.36 bits per heavy atom. The van der Waals surface area contributed by atoms with Crippen LogP contribution in [0.3, 0.4) is 0 Å². The van der Waals surface area contributed by atoms with Crippen molar-refractivity contribution in [2.45, 2.75) is 83.7 Å². The van der Waals surface area contributed by atoms with Crippen LogP contribution in [-0.4, -0.2) is 22.3 Å². The van der Waals surface area contributed by atoms with E-state index in [2.05, 4.69) is 13.0 Å². The normalized spacial score (nSPS) is 13.7. The average Bonchev–Trinajstić information content (AvgIpc) is 2.58. The Hall–Kier alpha value is -1.61. The Balaban J connectivity index is 3.49. The van der Waals surface area contributed by atoms with E-state index in [1.165, 1.54) is 44.6 Å². The molecule has 0 heterocycles. The van der Waals surface area contributed by atoms with Crippen molar-refractivity contribution in [2.75, 3.05) is 0 Å². The Morgan fingerprint density at radius 3 is 2.04 bits per heavy atom. The molecule has 0 aliphatic carbocycles. The molecule has 142 valence electrons. The van der Waals surface area contributed by atoms with Crippen LogP contribution in [0.4, 0.5) is 0 Å². The number of aliphatic hydroxyl groups excluding tert-OH is 1. The second-order valence-corrected chi connectivity index (χ2v) is 6.39. The molecule has 0 aliphatic heterocycles. The summed E-state index contributed by atoms with van der Waals surface area (Å²) in [5.74, 6) is -0.942. The maximum Gasteiger partial charge on any atom is 0.328 e. The Bertz CT molecular complexity index is 419. The molecular weight excluding hydrogens is 312 g/mol. The predicted octanol–water partition coefficient (Wildman–Crippen LogP) is 5.97. The monoisotopic (exact) mass is 348 g/mol. The summed E-state index contributed by atoms with van der Waals surface area (Å²) in [6, 6.07) is 0. The van der Waals surface area contributed by atoms with E-state index >= 15 is 0 Å². The maximum absolute atomic E-state index is 10.2. The summed E-state index contributed by atoms with van der Waals surface area (Å²) >= 11 is 0. The molecule has 3 heteroatoms. The van der Waals surface area contributed by atoms with Crippen LogP contribution in [0.2, 0.25) is 0 Å². The van der Waals surface area contributed by atoms with Gasteiger partial charge in [-0.3, -0.25) is 0 Å². The number of carboxylic acid groups (broad SMARTS) is 1. The summed E-state index contributed by atoms with van der Waals surface area (Å²) in [6.07, 6.45) is 26.6. The minimum Gasteiger partial charge on any atom is -0.478 e. The Labute approximate surface area is 153 Å². The molecule has 0 radical (unpaired) electrons. The van der Waals surface area contributed by atoms with Crippen molar-refractivity contribution < 1.29 is 15.0 Å². The third-order valence-corrected chi connectivity index (χ3v) is 3.98. The molecule has 0 aromatic heterocycles. The molecule has 0 bridgehead atoms. The fourth-order valence-electron chi connectivity index (χ4n) is 2.52. The van der Waals surface area contributed by atoms with Gasteiger partial charge < -0.3 is 10.2 Å². The van der Waals surface area contributed by atoms with Crippen LogP contribution in [0, 0.1) is 0 Å². The van der Waals surface area contributed by atoms with Gasteiger partial charge in [0, 0.05) is 6.08 Å². The van der Waals surface area contributed by atoms with Crippen molar-refractivity contribution in [3.63, 3.8) is 0 Å². The quantitative estimate of drug-likeness (QED) is 0.205. The van der Waals surface area contributed by atoms with Gasteiger partial charge in [0.25, 0.3) is 0 Å². The minimum absolute atomic E-state index is 0.150. The van der Waals surface area contributed by atoms with Crippen LogP contribution in [0.1, 0.15) is 77.6 Å². The Kier molecular flexibility index (Phi) is 17.5. The summed E-state index contributed by atoms with van der Waals surface area (Å²) < 4.78 is 0. The zero-order valence-electron chi connectivity index (χ0n) is 15.8. The van der Waals surface area contributed by atoms with Gasteiger partial charge in [-0.2, -0.15) is 0 Å². The first-order valence-corrected chi connectivity index (χ1v) is 9.74. The first-order chi connectivity index (χ1) is 12.2. The molecule has 0 saturated heterocycles. The molecule has 25 heavy (non-hydrogen) atoms. The van der Waals surface area contributed by atoms with E-state index in [4.69, 9.17) is 5.11 Å². The minimum atomic E-state index is -0.942. The van der Waals surface area contributed by atoms with Crippen LogP contribution < -0.4 is 0 Å². The fraction of sp³-hybridized carbons (Fsp3) is 0.591. The lowest BCUT2D eigenvalue weighted by Gasteiger charge is -2.09. The molecule has 3 nitrogen and oxygen atoms in total. The highest BCUT2D eigenvalue weighted by atomic mass is 16.4. The third kappa shape index (κ3) is 20.3. The van der Waals surface area contributed by atoms with Crippen LogP contribution in [0.25, 0.3) is 0 Å². The molecule has 0 spiro atoms. The van der Waals surface area contributed by atoms with Crippen molar-refractivity contribution in [2.24, 2.45) is 0 Å². The van der Waals surface area contributed by atoms with E-state index in [9.17, 15) is 9.90 Å². The number of allylic oxidation sites excluding steroid dienone is 7. The first kappa shape index (κ1) is 23.4. The third-order valence-electron chi connectivity index (χ3n) is 3.98. The van der Waals surface area contributed by atoms with Gasteiger partial charge >= 0.3 is 5.97 Å². The maximum atomic E-state index is 10.2. The van der Waals surface area contributed by atoms with Gasteiger partial charge in [-0.15, -0.1) is 0 Å². The summed E-state index contributed by atoms with van der Waals surface area (Å²) in [7, 11) is 0. The van der Waals surface area contributed by atoms with Crippen molar-refractivity contribution in [1.82, 2.24) is 0 Å². The van der Waals surface area contributed by atoms with E-state index in [1.54, 1.807) is 12.2 Å².